The van der Waals surface area contributed by atoms with E-state index in [2.05, 4.69) is 5.32 Å². The van der Waals surface area contributed by atoms with Crippen molar-refractivity contribution in [3.63, 3.8) is 0 Å². The highest BCUT2D eigenvalue weighted by molar-refractivity contribution is 5.95. The van der Waals surface area contributed by atoms with Gasteiger partial charge in [-0.25, -0.2) is 0 Å². The lowest BCUT2D eigenvalue weighted by molar-refractivity contribution is -0.386. The van der Waals surface area contributed by atoms with Gasteiger partial charge in [0.15, 0.2) is 11.9 Å². The molecule has 1 amide bonds. The number of nitro benzene ring substituents is 1. The van der Waals surface area contributed by atoms with Gasteiger partial charge in [-0.15, -0.1) is 0 Å². The Balaban J connectivity index is 2.18. The number of nitrogens with one attached hydrogen (secondary N) is 1. The first-order valence-corrected chi connectivity index (χ1v) is 8.13. The highest BCUT2D eigenvalue weighted by atomic mass is 16.6. The number of carbonyl (C=O) groups is 2. The molecular formula is C19H20N2O5. The van der Waals surface area contributed by atoms with E-state index in [-0.39, 0.29) is 22.9 Å². The summed E-state index contributed by atoms with van der Waals surface area (Å²) in [7, 11) is 0. The summed E-state index contributed by atoms with van der Waals surface area (Å²) in [6.45, 7) is 5.54. The van der Waals surface area contributed by atoms with Crippen molar-refractivity contribution in [1.29, 1.82) is 0 Å². The van der Waals surface area contributed by atoms with Crippen molar-refractivity contribution in [3.05, 3.63) is 63.7 Å². The van der Waals surface area contributed by atoms with Crippen LogP contribution in [-0.2, 0) is 4.79 Å². The van der Waals surface area contributed by atoms with Crippen LogP contribution in [0.4, 0.5) is 11.4 Å². The molecule has 0 aliphatic carbocycles. The monoisotopic (exact) mass is 356 g/mol. The first kappa shape index (κ1) is 19.1. The summed E-state index contributed by atoms with van der Waals surface area (Å²) >= 11 is 0. The van der Waals surface area contributed by atoms with Gasteiger partial charge >= 0.3 is 5.69 Å². The molecule has 0 aliphatic rings. The van der Waals surface area contributed by atoms with Gasteiger partial charge in [0.05, 0.1) is 4.92 Å². The van der Waals surface area contributed by atoms with Gasteiger partial charge in [0.25, 0.3) is 5.91 Å². The lowest BCUT2D eigenvalue weighted by atomic mass is 10.0. The highest BCUT2D eigenvalue weighted by Crippen LogP contribution is 2.29. The molecule has 136 valence electrons. The summed E-state index contributed by atoms with van der Waals surface area (Å²) in [5.74, 6) is -0.271. The Morgan fingerprint density at radius 2 is 1.88 bits per heavy atom. The van der Waals surface area contributed by atoms with Crippen LogP contribution in [0.2, 0.25) is 0 Å². The third-order valence-electron chi connectivity index (χ3n) is 3.83. The fourth-order valence-electron chi connectivity index (χ4n) is 2.44. The number of benzene rings is 2. The third-order valence-corrected chi connectivity index (χ3v) is 3.83. The van der Waals surface area contributed by atoms with Crippen molar-refractivity contribution in [2.75, 3.05) is 5.32 Å². The number of anilines is 1. The number of rotatable bonds is 7. The molecule has 0 saturated heterocycles. The average Bonchev–Trinajstić information content (AvgIpc) is 2.62. The van der Waals surface area contributed by atoms with Crippen molar-refractivity contribution < 1.29 is 19.2 Å². The van der Waals surface area contributed by atoms with E-state index in [1.54, 1.807) is 6.07 Å². The van der Waals surface area contributed by atoms with E-state index in [0.29, 0.717) is 12.0 Å². The minimum Gasteiger partial charge on any atom is -0.474 e. The van der Waals surface area contributed by atoms with Crippen LogP contribution < -0.4 is 10.1 Å². The Morgan fingerprint density at radius 1 is 1.19 bits per heavy atom. The summed E-state index contributed by atoms with van der Waals surface area (Å²) in [5.41, 5.74) is 1.45. The van der Waals surface area contributed by atoms with Gasteiger partial charge in [-0.3, -0.25) is 19.7 Å². The Bertz CT molecular complexity index is 832. The zero-order chi connectivity index (χ0) is 19.3. The van der Waals surface area contributed by atoms with Crippen molar-refractivity contribution in [1.82, 2.24) is 0 Å². The molecule has 0 aliphatic heterocycles. The summed E-state index contributed by atoms with van der Waals surface area (Å²) in [6, 6.07) is 11.2. The number of hydrogen-bond donors (Lipinski definition) is 1. The van der Waals surface area contributed by atoms with E-state index in [1.807, 2.05) is 32.0 Å². The number of nitrogens with zero attached hydrogens (tertiary/aromatic N) is 1. The number of hydrogen-bond acceptors (Lipinski definition) is 5. The smallest absolute Gasteiger partial charge is 0.311 e. The van der Waals surface area contributed by atoms with Crippen molar-refractivity contribution in [3.8, 4) is 5.75 Å². The SMILES string of the molecule is CC(C)c1ccccc1NC(=O)[C@H](C)Oc1ccc(C=O)cc1[N+](=O)[O-]. The van der Waals surface area contributed by atoms with Crippen LogP contribution in [-0.4, -0.2) is 23.2 Å². The molecular weight excluding hydrogens is 336 g/mol. The van der Waals surface area contributed by atoms with E-state index in [4.69, 9.17) is 4.74 Å². The van der Waals surface area contributed by atoms with Crippen molar-refractivity contribution in [2.24, 2.45) is 0 Å². The zero-order valence-electron chi connectivity index (χ0n) is 14.8. The van der Waals surface area contributed by atoms with Gasteiger partial charge in [-0.1, -0.05) is 32.0 Å². The molecule has 0 heterocycles. The molecule has 0 saturated carbocycles. The molecule has 7 heteroatoms. The number of ether oxygens (including phenoxy) is 1. The molecule has 2 aromatic rings. The van der Waals surface area contributed by atoms with E-state index in [0.717, 1.165) is 11.6 Å². The first-order valence-electron chi connectivity index (χ1n) is 8.13. The molecule has 0 unspecified atom stereocenters. The van der Waals surface area contributed by atoms with Gasteiger partial charge in [0.1, 0.15) is 6.29 Å². The van der Waals surface area contributed by atoms with Crippen molar-refractivity contribution >= 4 is 23.6 Å². The van der Waals surface area contributed by atoms with E-state index in [9.17, 15) is 19.7 Å². The fraction of sp³-hybridized carbons (Fsp3) is 0.263. The van der Waals surface area contributed by atoms with Crippen LogP contribution in [0.25, 0.3) is 0 Å². The standard InChI is InChI=1S/C19H20N2O5/c1-12(2)15-6-4-5-7-16(15)20-19(23)13(3)26-18-9-8-14(11-22)10-17(18)21(24)25/h4-13H,1-3H3,(H,20,23)/t13-/m0/s1. The molecule has 2 aromatic carbocycles. The average molecular weight is 356 g/mol. The summed E-state index contributed by atoms with van der Waals surface area (Å²) in [5, 5.41) is 14.0. The van der Waals surface area contributed by atoms with Crippen LogP contribution in [0.1, 0.15) is 42.6 Å². The van der Waals surface area contributed by atoms with E-state index < -0.39 is 16.9 Å². The van der Waals surface area contributed by atoms with E-state index in [1.165, 1.54) is 19.1 Å². The molecule has 2 rings (SSSR count). The lowest BCUT2D eigenvalue weighted by Crippen LogP contribution is -2.30. The van der Waals surface area contributed by atoms with Crippen molar-refractivity contribution in [2.45, 2.75) is 32.8 Å². The van der Waals surface area contributed by atoms with Crippen LogP contribution in [0.5, 0.6) is 5.75 Å². The lowest BCUT2D eigenvalue weighted by Gasteiger charge is -2.17. The topological polar surface area (TPSA) is 98.5 Å². The molecule has 1 N–H and O–H groups in total. The predicted molar refractivity (Wildman–Crippen MR) is 97.7 cm³/mol. The molecule has 0 radical (unpaired) electrons. The maximum Gasteiger partial charge on any atom is 0.311 e. The van der Waals surface area contributed by atoms with Gasteiger partial charge in [-0.2, -0.15) is 0 Å². The van der Waals surface area contributed by atoms with Crippen LogP contribution in [0, 0.1) is 10.1 Å². The largest absolute Gasteiger partial charge is 0.474 e. The quantitative estimate of drug-likeness (QED) is 0.460. The predicted octanol–water partition coefficient (Wildman–Crippen LogP) is 3.94. The van der Waals surface area contributed by atoms with Crippen LogP contribution in [0.3, 0.4) is 0 Å². The summed E-state index contributed by atoms with van der Waals surface area (Å²) in [4.78, 5) is 33.7. The Kier molecular flexibility index (Phi) is 6.06. The molecule has 0 fully saturated rings. The maximum atomic E-state index is 12.4. The van der Waals surface area contributed by atoms with Gasteiger partial charge in [0.2, 0.25) is 0 Å². The fourth-order valence-corrected chi connectivity index (χ4v) is 2.44. The molecule has 0 spiro atoms. The Hall–Kier alpha value is -3.22. The van der Waals surface area contributed by atoms with Gasteiger partial charge in [0, 0.05) is 17.3 Å². The number of aldehydes is 1. The minimum absolute atomic E-state index is 0.0691. The summed E-state index contributed by atoms with van der Waals surface area (Å²) in [6.07, 6.45) is -0.452. The molecule has 0 aromatic heterocycles. The normalized spacial score (nSPS) is 11.7. The second-order valence-corrected chi connectivity index (χ2v) is 6.09. The van der Waals surface area contributed by atoms with Gasteiger partial charge < -0.3 is 10.1 Å². The van der Waals surface area contributed by atoms with Crippen LogP contribution in [0.15, 0.2) is 42.5 Å². The second kappa shape index (κ2) is 8.24. The number of para-hydroxylation sites is 1. The third kappa shape index (κ3) is 4.44. The van der Waals surface area contributed by atoms with Crippen LogP contribution >= 0.6 is 0 Å². The second-order valence-electron chi connectivity index (χ2n) is 6.09. The minimum atomic E-state index is -0.962. The number of carbonyl (C=O) groups excluding carboxylic acids is 2. The van der Waals surface area contributed by atoms with Gasteiger partial charge in [-0.05, 0) is 36.6 Å². The Morgan fingerprint density at radius 3 is 2.50 bits per heavy atom. The highest BCUT2D eigenvalue weighted by Gasteiger charge is 2.22. The molecule has 7 nitrogen and oxygen atoms in total. The van der Waals surface area contributed by atoms with E-state index >= 15 is 0 Å². The number of nitro groups is 1. The molecule has 0 bridgehead atoms. The first-order chi connectivity index (χ1) is 12.3. The summed E-state index contributed by atoms with van der Waals surface area (Å²) < 4.78 is 5.47. The molecule has 26 heavy (non-hydrogen) atoms. The number of amides is 1. The molecule has 1 atom stereocenters. The zero-order valence-corrected chi connectivity index (χ0v) is 14.8. The Labute approximate surface area is 151 Å². The maximum absolute atomic E-state index is 12.4.